The first-order chi connectivity index (χ1) is 65.9. The van der Waals surface area contributed by atoms with Crippen molar-refractivity contribution in [3.63, 3.8) is 0 Å². The third kappa shape index (κ3) is 21.3. The number of fused-ring (bicyclic) bond motifs is 7. The molecule has 0 amide bonds. The molecule has 0 aromatic heterocycles. The molecule has 0 bridgehead atoms. The van der Waals surface area contributed by atoms with Crippen LogP contribution in [0.4, 0.5) is 0 Å². The van der Waals surface area contributed by atoms with Crippen LogP contribution in [-0.4, -0.2) is 426 Å². The van der Waals surface area contributed by atoms with Crippen molar-refractivity contribution >= 4 is 36.4 Å². The molecule has 810 valence electrons. The highest BCUT2D eigenvalue weighted by atomic mass is 16.8. The maximum atomic E-state index is 16.5. The van der Waals surface area contributed by atoms with E-state index in [2.05, 4.69) is 20.8 Å². The van der Waals surface area contributed by atoms with Gasteiger partial charge in [-0.3, -0.25) is 24.0 Å². The first kappa shape index (κ1) is 114. The fourth-order valence-electron chi connectivity index (χ4n) is 25.5. The van der Waals surface area contributed by atoms with Gasteiger partial charge in [0.2, 0.25) is 18.4 Å². The normalized spacial score (nSPS) is 48.9. The second kappa shape index (κ2) is 44.0. The van der Waals surface area contributed by atoms with E-state index in [-0.39, 0.29) is 38.1 Å². The molecule has 13 rings (SSSR count). The van der Waals surface area contributed by atoms with Crippen molar-refractivity contribution in [1.29, 1.82) is 0 Å². The van der Waals surface area contributed by atoms with E-state index < -0.39 is 395 Å². The zero-order chi connectivity index (χ0) is 104. The number of hydrogen-bond donors (Lipinski definition) is 22. The molecule has 22 N–H and O–H groups in total. The quantitative estimate of drug-likeness (QED) is 0.00701. The summed E-state index contributed by atoms with van der Waals surface area (Å²) in [5.74, 6) is -11.0. The summed E-state index contributed by atoms with van der Waals surface area (Å²) < 4.78 is 109. The van der Waals surface area contributed by atoms with Gasteiger partial charge in [0.15, 0.2) is 61.3 Å². The summed E-state index contributed by atoms with van der Waals surface area (Å²) in [5, 5.41) is 246. The van der Waals surface area contributed by atoms with E-state index >= 15 is 9.59 Å². The standard InChI is InChI=1S/C95H154O46/c1-15-40(3)51(130-60(106)27-45(102)26-52(41(4)16-2)132-85-92(14,120)95(122,123)59(33-97)134-85)25-44(101)28-61(107)135-75-62(108)42(5)128-82(76(75)138-79-70(116)68(114)72(43(6)129-79)136-78-71(117)74(50(104)35-125-78)139-84-91(13,119)93(121,37-99)38-126-84)141-83(118)94-24-23-86(7,8)30-48(94)47-17-18-56-87(9)21-20-58(88(10,36-98)55(87)19-22-89(56,11)90(47,12)31-57(94)105)133-81-73(137-80-69(115)67(113)66(112)54(32-96)131-80)46(63(109)77(140-81)127-39-100)29-53-65(111)64(110)49(103)34-124-53/h36,39-56,58-59,62-82,84-85,96-97,99,101-104,108-117,119-123H,15-35,37-38H2,1-14H3/t40?,41?,42?,43?,44?,45?,46-,47?,48?,49+,50-,51?,52?,53-,54?,55?,56?,58-,59+,62+,63-,64-,65?,66+,67-,68+,69?,70?,71+,72-,73?,74?,75-,76?,77?,78+,79-,80-,81+,82-,84+,85-,87-,88+,89+,90+,91-,92-,93?,94+/m0/s1. The molecule has 0 aromatic rings. The van der Waals surface area contributed by atoms with Crippen LogP contribution in [0.1, 0.15) is 206 Å². The Hall–Kier alpha value is -4.22. The minimum atomic E-state index is -2.95. The van der Waals surface area contributed by atoms with Crippen LogP contribution in [0.3, 0.4) is 0 Å². The molecular formula is C95H154O46. The second-order valence-corrected chi connectivity index (χ2v) is 44.5. The summed E-state index contributed by atoms with van der Waals surface area (Å²) >= 11 is 0. The Kier molecular flexibility index (Phi) is 35.5. The van der Waals surface area contributed by atoms with Gasteiger partial charge in [0.25, 0.3) is 6.47 Å². The molecular weight excluding hydrogens is 1880 g/mol. The van der Waals surface area contributed by atoms with E-state index in [4.69, 9.17) is 85.3 Å². The zero-order valence-electron chi connectivity index (χ0n) is 82.3. The Morgan fingerprint density at radius 2 is 1.12 bits per heavy atom. The van der Waals surface area contributed by atoms with E-state index in [0.29, 0.717) is 57.8 Å². The van der Waals surface area contributed by atoms with Gasteiger partial charge < -0.3 is 202 Å². The number of hydrogen-bond acceptors (Lipinski definition) is 46. The number of ether oxygens (including phenoxy) is 18. The van der Waals surface area contributed by atoms with E-state index in [0.717, 1.165) is 20.1 Å². The van der Waals surface area contributed by atoms with Gasteiger partial charge in [-0.1, -0.05) is 82.1 Å². The van der Waals surface area contributed by atoms with Gasteiger partial charge in [-0.15, -0.1) is 0 Å². The van der Waals surface area contributed by atoms with Crippen molar-refractivity contribution in [2.24, 2.45) is 73.9 Å². The van der Waals surface area contributed by atoms with E-state index in [9.17, 15) is 132 Å². The van der Waals surface area contributed by atoms with Crippen LogP contribution in [0, 0.1) is 73.9 Å². The third-order valence-corrected chi connectivity index (χ3v) is 35.2. The van der Waals surface area contributed by atoms with Gasteiger partial charge in [-0.05, 0) is 149 Å². The van der Waals surface area contributed by atoms with Crippen molar-refractivity contribution < 1.29 is 226 Å². The van der Waals surface area contributed by atoms with Crippen LogP contribution >= 0.6 is 0 Å². The molecule has 5 aliphatic carbocycles. The lowest BCUT2D eigenvalue weighted by Gasteiger charge is -2.73. The topological polar surface area (TPSA) is 714 Å². The summed E-state index contributed by atoms with van der Waals surface area (Å²) in [5.41, 5.74) is -13.3. The van der Waals surface area contributed by atoms with E-state index in [1.807, 2.05) is 13.8 Å². The van der Waals surface area contributed by atoms with Gasteiger partial charge in [-0.25, -0.2) is 0 Å². The Balaban J connectivity index is 0.755. The number of ketones is 1. The van der Waals surface area contributed by atoms with Crippen LogP contribution in [-0.2, 0) is 114 Å². The lowest BCUT2D eigenvalue weighted by Crippen LogP contribution is -2.70. The van der Waals surface area contributed by atoms with Gasteiger partial charge >= 0.3 is 17.9 Å². The SMILES string of the molecule is CCC(C)C(CC(O)CC(=O)O[C@@H]1C(O[C@@H]2OC(C)[C@H](O[C@H]3OC[C@H](O)C(O[C@H]4OCC(O)(CO)[C@@]4(C)O)[C@H]3O)[C@H](O)C2O)[C@H](OC(=O)[C@]23CCC(C)(C)CC2C2CCC4[C@@]5(C)CC[C@H](O[C@@H]6OC(OC=O)[C@@H](O)[C@H](C[C@@H]7OC[C@@H](O)[C@H](O)C7O)C6O[C@@H]6OC(CO)[C@@H](O)[C@H](O)C6O)[C@](C)(C=O)C5CC[C@@]4(C)[C@]2(C)CC3=O)OC(C)[C@H]1O)OC(=O)CC(O)CC(O[C@H]1O[C@H](CO)C(O)(O)[C@@]1(C)O)C(C)CC. The Bertz CT molecular complexity index is 4210. The Morgan fingerprint density at radius 1 is 0.504 bits per heavy atom. The summed E-state index contributed by atoms with van der Waals surface area (Å²) in [7, 11) is 0. The van der Waals surface area contributed by atoms with Crippen molar-refractivity contribution in [3.8, 4) is 0 Å². The monoisotopic (exact) mass is 2030 g/mol. The van der Waals surface area contributed by atoms with Gasteiger partial charge in [-0.2, -0.15) is 0 Å². The molecule has 13 fully saturated rings. The number of aliphatic hydroxyl groups excluding tert-OH is 17. The van der Waals surface area contributed by atoms with Gasteiger partial charge in [0, 0.05) is 25.2 Å². The largest absolute Gasteiger partial charge is 0.462 e. The molecule has 13 aliphatic rings. The van der Waals surface area contributed by atoms with Gasteiger partial charge in [0.1, 0.15) is 133 Å². The average molecular weight is 2030 g/mol. The van der Waals surface area contributed by atoms with Crippen LogP contribution in [0.5, 0.6) is 0 Å². The molecule has 0 spiro atoms. The van der Waals surface area contributed by atoms with E-state index in [1.165, 1.54) is 13.8 Å². The molecule has 8 saturated heterocycles. The number of esters is 3. The summed E-state index contributed by atoms with van der Waals surface area (Å²) in [6.45, 7) is 19.5. The van der Waals surface area contributed by atoms with E-state index in [1.54, 1.807) is 34.6 Å². The number of Topliss-reactive ketones (excluding diaryl/α,β-unsaturated/α-hetero) is 1. The average Bonchev–Trinajstić information content (AvgIpc) is 1.57. The fourth-order valence-corrected chi connectivity index (χ4v) is 25.5. The van der Waals surface area contributed by atoms with Gasteiger partial charge in [0.05, 0.1) is 101 Å². The molecule has 0 aromatic carbocycles. The van der Waals surface area contributed by atoms with Crippen molar-refractivity contribution in [1.82, 2.24) is 0 Å². The molecule has 46 heteroatoms. The first-order valence-electron chi connectivity index (χ1n) is 49.6. The molecule has 0 radical (unpaired) electrons. The Morgan fingerprint density at radius 3 is 1.75 bits per heavy atom. The molecule has 8 aliphatic heterocycles. The minimum absolute atomic E-state index is 0.00474. The molecule has 21 unspecified atom stereocenters. The first-order valence-corrected chi connectivity index (χ1v) is 49.6. The molecule has 46 nitrogen and oxygen atoms in total. The van der Waals surface area contributed by atoms with Crippen molar-refractivity contribution in [3.05, 3.63) is 0 Å². The maximum absolute atomic E-state index is 16.5. The smallest absolute Gasteiger partial charge is 0.322 e. The molecule has 8 heterocycles. The maximum Gasteiger partial charge on any atom is 0.322 e. The highest BCUT2D eigenvalue weighted by Gasteiger charge is 2.76. The lowest BCUT2D eigenvalue weighted by atomic mass is 9.31. The molecule has 50 atom stereocenters. The van der Waals surface area contributed by atoms with Crippen LogP contribution in [0.15, 0.2) is 0 Å². The predicted octanol–water partition coefficient (Wildman–Crippen LogP) is -4.59. The Labute approximate surface area is 816 Å². The summed E-state index contributed by atoms with van der Waals surface area (Å²) in [6, 6.07) is 0. The van der Waals surface area contributed by atoms with Crippen LogP contribution in [0.2, 0.25) is 0 Å². The molecule has 141 heavy (non-hydrogen) atoms. The third-order valence-electron chi connectivity index (χ3n) is 35.2. The number of aliphatic hydroxyl groups is 22. The predicted molar refractivity (Wildman–Crippen MR) is 470 cm³/mol. The highest BCUT2D eigenvalue weighted by molar-refractivity contribution is 6.05. The van der Waals surface area contributed by atoms with Crippen LogP contribution < -0.4 is 0 Å². The number of carbonyl (C=O) groups is 6. The fraction of sp³-hybridized carbons (Fsp3) is 0.937. The number of rotatable bonds is 36. The minimum Gasteiger partial charge on any atom is -0.462 e. The number of aldehydes is 1. The summed E-state index contributed by atoms with van der Waals surface area (Å²) in [6.07, 6.45) is -59.5. The summed E-state index contributed by atoms with van der Waals surface area (Å²) in [4.78, 5) is 88.4. The number of carbonyl (C=O) groups excluding carboxylic acids is 6. The highest BCUT2D eigenvalue weighted by Crippen LogP contribution is 2.77. The zero-order valence-corrected chi connectivity index (χ0v) is 82.3. The molecule has 5 saturated carbocycles. The second-order valence-electron chi connectivity index (χ2n) is 44.5. The van der Waals surface area contributed by atoms with Crippen molar-refractivity contribution in [2.75, 3.05) is 39.6 Å². The van der Waals surface area contributed by atoms with Crippen molar-refractivity contribution in [2.45, 2.75) is 444 Å². The van der Waals surface area contributed by atoms with Crippen LogP contribution in [0.25, 0.3) is 0 Å². The lowest BCUT2D eigenvalue weighted by molar-refractivity contribution is -0.391.